The van der Waals surface area contributed by atoms with Gasteiger partial charge in [0.25, 0.3) is 0 Å². The summed E-state index contributed by atoms with van der Waals surface area (Å²) in [6.45, 7) is 0. The maximum atomic E-state index is 6.04. The number of aromatic nitrogens is 2. The van der Waals surface area contributed by atoms with E-state index in [2.05, 4.69) is 10.1 Å². The summed E-state index contributed by atoms with van der Waals surface area (Å²) in [5.74, 6) is 0.673. The SMILES string of the molecule is COc1ncccc1-c1noc(N)c1-c1cccc(Cl)c1. The topological polar surface area (TPSA) is 74.2 Å². The first-order valence-electron chi connectivity index (χ1n) is 6.21. The summed E-state index contributed by atoms with van der Waals surface area (Å²) in [5.41, 5.74) is 8.68. The molecule has 0 saturated heterocycles. The second kappa shape index (κ2) is 5.46. The normalized spacial score (nSPS) is 10.6. The van der Waals surface area contributed by atoms with E-state index >= 15 is 0 Å². The van der Waals surface area contributed by atoms with E-state index in [-0.39, 0.29) is 5.88 Å². The molecule has 3 rings (SSSR count). The fourth-order valence-corrected chi connectivity index (χ4v) is 2.33. The number of pyridine rings is 1. The Hall–Kier alpha value is -2.53. The molecule has 0 fully saturated rings. The van der Waals surface area contributed by atoms with Gasteiger partial charge in [0.05, 0.1) is 18.2 Å². The highest BCUT2D eigenvalue weighted by molar-refractivity contribution is 6.30. The van der Waals surface area contributed by atoms with Gasteiger partial charge in [-0.05, 0) is 29.8 Å². The Labute approximate surface area is 126 Å². The number of anilines is 1. The summed E-state index contributed by atoms with van der Waals surface area (Å²) >= 11 is 6.04. The number of nitrogens with two attached hydrogens (primary N) is 1. The third kappa shape index (κ3) is 2.43. The van der Waals surface area contributed by atoms with E-state index < -0.39 is 0 Å². The fourth-order valence-electron chi connectivity index (χ4n) is 2.14. The van der Waals surface area contributed by atoms with Crippen LogP contribution in [0.1, 0.15) is 0 Å². The number of benzene rings is 1. The van der Waals surface area contributed by atoms with Crippen molar-refractivity contribution < 1.29 is 9.26 Å². The van der Waals surface area contributed by atoms with Crippen LogP contribution in [-0.2, 0) is 0 Å². The molecule has 2 N–H and O–H groups in total. The first-order valence-corrected chi connectivity index (χ1v) is 6.59. The van der Waals surface area contributed by atoms with Gasteiger partial charge < -0.3 is 15.0 Å². The molecule has 0 saturated carbocycles. The lowest BCUT2D eigenvalue weighted by atomic mass is 10.0. The van der Waals surface area contributed by atoms with Crippen LogP contribution in [0.5, 0.6) is 5.88 Å². The summed E-state index contributed by atoms with van der Waals surface area (Å²) in [7, 11) is 1.55. The molecule has 1 aromatic carbocycles. The number of nitrogens with zero attached hydrogens (tertiary/aromatic N) is 2. The van der Waals surface area contributed by atoms with Crippen molar-refractivity contribution in [3.8, 4) is 28.3 Å². The quantitative estimate of drug-likeness (QED) is 0.799. The van der Waals surface area contributed by atoms with Crippen molar-refractivity contribution in [2.75, 3.05) is 12.8 Å². The van der Waals surface area contributed by atoms with Crippen molar-refractivity contribution >= 4 is 17.5 Å². The molecular formula is C15H12ClN3O2. The van der Waals surface area contributed by atoms with Crippen LogP contribution < -0.4 is 10.5 Å². The average molecular weight is 302 g/mol. The molecule has 0 spiro atoms. The number of halogens is 1. The minimum atomic E-state index is 0.221. The zero-order valence-corrected chi connectivity index (χ0v) is 12.0. The third-order valence-electron chi connectivity index (χ3n) is 3.05. The summed E-state index contributed by atoms with van der Waals surface area (Å²) in [4.78, 5) is 4.16. The van der Waals surface area contributed by atoms with Gasteiger partial charge in [0, 0.05) is 11.2 Å². The van der Waals surface area contributed by atoms with Crippen molar-refractivity contribution in [1.29, 1.82) is 0 Å². The van der Waals surface area contributed by atoms with Gasteiger partial charge in [-0.1, -0.05) is 28.9 Å². The smallest absolute Gasteiger partial charge is 0.230 e. The molecular weight excluding hydrogens is 290 g/mol. The zero-order chi connectivity index (χ0) is 14.8. The van der Waals surface area contributed by atoms with E-state index in [1.165, 1.54) is 0 Å². The number of methoxy groups -OCH3 is 1. The van der Waals surface area contributed by atoms with Crippen LogP contribution in [0.4, 0.5) is 5.88 Å². The molecule has 0 amide bonds. The molecule has 0 radical (unpaired) electrons. The van der Waals surface area contributed by atoms with E-state index in [9.17, 15) is 0 Å². The fraction of sp³-hybridized carbons (Fsp3) is 0.0667. The van der Waals surface area contributed by atoms with Crippen molar-refractivity contribution in [3.63, 3.8) is 0 Å². The van der Waals surface area contributed by atoms with E-state index in [4.69, 9.17) is 26.6 Å². The van der Waals surface area contributed by atoms with Crippen LogP contribution in [0, 0.1) is 0 Å². The first kappa shape index (κ1) is 13.5. The Bertz CT molecular complexity index is 786. The molecule has 3 aromatic rings. The standard InChI is InChI=1S/C15H12ClN3O2/c1-20-15-11(6-3-7-18-15)13-12(14(17)21-19-13)9-4-2-5-10(16)8-9/h2-8H,17H2,1H3. The van der Waals surface area contributed by atoms with Gasteiger partial charge in [-0.2, -0.15) is 0 Å². The highest BCUT2D eigenvalue weighted by Crippen LogP contribution is 2.39. The van der Waals surface area contributed by atoms with Gasteiger partial charge in [0.15, 0.2) is 0 Å². The molecule has 0 aliphatic rings. The highest BCUT2D eigenvalue weighted by Gasteiger charge is 2.20. The minimum Gasteiger partial charge on any atom is -0.481 e. The highest BCUT2D eigenvalue weighted by atomic mass is 35.5. The monoisotopic (exact) mass is 301 g/mol. The first-order chi connectivity index (χ1) is 10.2. The summed E-state index contributed by atoms with van der Waals surface area (Å²) in [6.07, 6.45) is 1.64. The molecule has 0 bridgehead atoms. The molecule has 106 valence electrons. The van der Waals surface area contributed by atoms with Crippen molar-refractivity contribution in [2.24, 2.45) is 0 Å². The van der Waals surface area contributed by atoms with Gasteiger partial charge in [0.1, 0.15) is 5.69 Å². The van der Waals surface area contributed by atoms with Crippen LogP contribution in [-0.4, -0.2) is 17.3 Å². The molecule has 0 unspecified atom stereocenters. The van der Waals surface area contributed by atoms with Crippen LogP contribution >= 0.6 is 11.6 Å². The number of hydrogen-bond donors (Lipinski definition) is 1. The van der Waals surface area contributed by atoms with E-state index in [0.717, 1.165) is 5.56 Å². The lowest BCUT2D eigenvalue weighted by Gasteiger charge is -2.06. The molecule has 2 aromatic heterocycles. The van der Waals surface area contributed by atoms with Crippen LogP contribution in [0.3, 0.4) is 0 Å². The molecule has 6 heteroatoms. The van der Waals surface area contributed by atoms with E-state index in [1.807, 2.05) is 18.2 Å². The van der Waals surface area contributed by atoms with Crippen molar-refractivity contribution in [3.05, 3.63) is 47.6 Å². The third-order valence-corrected chi connectivity index (χ3v) is 3.29. The maximum Gasteiger partial charge on any atom is 0.230 e. The molecule has 0 aliphatic heterocycles. The van der Waals surface area contributed by atoms with Crippen molar-refractivity contribution in [1.82, 2.24) is 10.1 Å². The van der Waals surface area contributed by atoms with E-state index in [0.29, 0.717) is 27.7 Å². The molecule has 0 aliphatic carbocycles. The van der Waals surface area contributed by atoms with Crippen LogP contribution in [0.15, 0.2) is 47.1 Å². The summed E-state index contributed by atoms with van der Waals surface area (Å²) in [5, 5.41) is 4.65. The molecule has 0 atom stereocenters. The summed E-state index contributed by atoms with van der Waals surface area (Å²) in [6, 6.07) is 11.0. The molecule has 2 heterocycles. The van der Waals surface area contributed by atoms with Gasteiger partial charge in [-0.25, -0.2) is 4.98 Å². The predicted molar refractivity (Wildman–Crippen MR) is 81.1 cm³/mol. The Morgan fingerprint density at radius 1 is 1.24 bits per heavy atom. The van der Waals surface area contributed by atoms with Gasteiger partial charge in [0.2, 0.25) is 11.8 Å². The largest absolute Gasteiger partial charge is 0.481 e. The Kier molecular flexibility index (Phi) is 3.50. The number of rotatable bonds is 3. The number of nitrogen functional groups attached to an aromatic ring is 1. The second-order valence-corrected chi connectivity index (χ2v) is 4.78. The number of hydrogen-bond acceptors (Lipinski definition) is 5. The van der Waals surface area contributed by atoms with Crippen LogP contribution in [0.2, 0.25) is 5.02 Å². The zero-order valence-electron chi connectivity index (χ0n) is 11.2. The Morgan fingerprint density at radius 2 is 2.10 bits per heavy atom. The predicted octanol–water partition coefficient (Wildman–Crippen LogP) is 3.65. The van der Waals surface area contributed by atoms with Crippen molar-refractivity contribution in [2.45, 2.75) is 0 Å². The Balaban J connectivity index is 2.22. The lowest BCUT2D eigenvalue weighted by Crippen LogP contribution is -1.93. The Morgan fingerprint density at radius 3 is 2.86 bits per heavy atom. The van der Waals surface area contributed by atoms with E-state index in [1.54, 1.807) is 31.5 Å². The van der Waals surface area contributed by atoms with Gasteiger partial charge in [-0.3, -0.25) is 0 Å². The van der Waals surface area contributed by atoms with Crippen LogP contribution in [0.25, 0.3) is 22.4 Å². The molecule has 5 nitrogen and oxygen atoms in total. The summed E-state index contributed by atoms with van der Waals surface area (Å²) < 4.78 is 10.4. The number of ether oxygens (including phenoxy) is 1. The average Bonchev–Trinajstić information content (AvgIpc) is 2.88. The minimum absolute atomic E-state index is 0.221. The van der Waals surface area contributed by atoms with Gasteiger partial charge in [-0.15, -0.1) is 0 Å². The molecule has 21 heavy (non-hydrogen) atoms. The lowest BCUT2D eigenvalue weighted by molar-refractivity contribution is 0.398. The van der Waals surface area contributed by atoms with Gasteiger partial charge >= 0.3 is 0 Å². The second-order valence-electron chi connectivity index (χ2n) is 4.34. The maximum absolute atomic E-state index is 6.04.